The van der Waals surface area contributed by atoms with E-state index in [1.807, 2.05) is 36.4 Å². The first-order valence-electron chi connectivity index (χ1n) is 10.8. The highest BCUT2D eigenvalue weighted by Crippen LogP contribution is 2.36. The molecule has 7 nitrogen and oxygen atoms in total. The molecule has 0 saturated carbocycles. The van der Waals surface area contributed by atoms with Crippen molar-refractivity contribution in [3.05, 3.63) is 93.7 Å². The van der Waals surface area contributed by atoms with Gasteiger partial charge in [0.2, 0.25) is 5.88 Å². The van der Waals surface area contributed by atoms with Gasteiger partial charge in [0.05, 0.1) is 6.61 Å². The van der Waals surface area contributed by atoms with E-state index < -0.39 is 11.9 Å². The second-order valence-corrected chi connectivity index (χ2v) is 8.34. The quantitative estimate of drug-likeness (QED) is 0.152. The molecule has 0 fully saturated rings. The smallest absolute Gasteiger partial charge is 0.345 e. The maximum atomic E-state index is 12.8. The van der Waals surface area contributed by atoms with Crippen molar-refractivity contribution in [2.75, 3.05) is 17.2 Å². The van der Waals surface area contributed by atoms with Gasteiger partial charge in [-0.3, -0.25) is 4.79 Å². The Morgan fingerprint density at radius 2 is 1.72 bits per heavy atom. The largest absolute Gasteiger partial charge is 0.462 e. The number of carbonyl (C=O) groups is 2. The van der Waals surface area contributed by atoms with Crippen LogP contribution in [0.25, 0.3) is 16.8 Å². The molecule has 0 aliphatic rings. The number of halogens is 2. The third-order valence-electron chi connectivity index (χ3n) is 5.10. The highest BCUT2D eigenvalue weighted by molar-refractivity contribution is 6.36. The van der Waals surface area contributed by atoms with Gasteiger partial charge in [0.1, 0.15) is 22.2 Å². The summed E-state index contributed by atoms with van der Waals surface area (Å²) in [6.07, 6.45) is 1.18. The van der Waals surface area contributed by atoms with Gasteiger partial charge in [-0.2, -0.15) is 5.26 Å². The number of fused-ring (bicyclic) bond motifs is 1. The molecular weight excluding hydrogens is 501 g/mol. The van der Waals surface area contributed by atoms with E-state index in [-0.39, 0.29) is 34.4 Å². The predicted octanol–water partition coefficient (Wildman–Crippen LogP) is 7.21. The molecule has 1 amide bonds. The Labute approximate surface area is 216 Å². The summed E-state index contributed by atoms with van der Waals surface area (Å²) in [5.41, 5.74) is 0.752. The minimum atomic E-state index is -0.721. The molecule has 36 heavy (non-hydrogen) atoms. The van der Waals surface area contributed by atoms with E-state index in [0.29, 0.717) is 16.4 Å². The lowest BCUT2D eigenvalue weighted by molar-refractivity contribution is -0.112. The molecule has 0 spiro atoms. The molecule has 1 heterocycles. The van der Waals surface area contributed by atoms with Crippen molar-refractivity contribution in [1.29, 1.82) is 5.26 Å². The summed E-state index contributed by atoms with van der Waals surface area (Å²) in [6, 6.07) is 21.6. The van der Waals surface area contributed by atoms with E-state index in [1.54, 1.807) is 43.3 Å². The van der Waals surface area contributed by atoms with Crippen LogP contribution < -0.4 is 10.6 Å². The molecule has 180 valence electrons. The van der Waals surface area contributed by atoms with E-state index in [0.717, 1.165) is 10.8 Å². The highest BCUT2D eigenvalue weighted by atomic mass is 35.5. The highest BCUT2D eigenvalue weighted by Gasteiger charge is 2.26. The molecule has 9 heteroatoms. The second-order valence-electron chi connectivity index (χ2n) is 7.52. The Morgan fingerprint density at radius 1 is 1.03 bits per heavy atom. The summed E-state index contributed by atoms with van der Waals surface area (Å²) in [5, 5.41) is 17.7. The zero-order valence-electron chi connectivity index (χ0n) is 19.0. The van der Waals surface area contributed by atoms with E-state index in [4.69, 9.17) is 32.4 Å². The van der Waals surface area contributed by atoms with Crippen molar-refractivity contribution < 1.29 is 18.7 Å². The minimum Gasteiger partial charge on any atom is -0.462 e. The predicted molar refractivity (Wildman–Crippen MR) is 141 cm³/mol. The maximum Gasteiger partial charge on any atom is 0.345 e. The van der Waals surface area contributed by atoms with Crippen molar-refractivity contribution in [2.24, 2.45) is 0 Å². The number of carbonyl (C=O) groups excluding carboxylic acids is 2. The molecule has 2 N–H and O–H groups in total. The van der Waals surface area contributed by atoms with Gasteiger partial charge < -0.3 is 19.8 Å². The van der Waals surface area contributed by atoms with Crippen molar-refractivity contribution in [1.82, 2.24) is 0 Å². The molecular formula is C27H19Cl2N3O4. The normalized spacial score (nSPS) is 11.1. The average Bonchev–Trinajstić information content (AvgIpc) is 3.18. The van der Waals surface area contributed by atoms with Gasteiger partial charge >= 0.3 is 5.97 Å². The number of amides is 1. The summed E-state index contributed by atoms with van der Waals surface area (Å²) < 4.78 is 10.9. The van der Waals surface area contributed by atoms with Crippen LogP contribution in [0, 0.1) is 11.3 Å². The first-order valence-corrected chi connectivity index (χ1v) is 11.6. The number of nitrogens with zero attached hydrogens (tertiary/aromatic N) is 1. The van der Waals surface area contributed by atoms with Gasteiger partial charge in [-0.05, 0) is 54.1 Å². The summed E-state index contributed by atoms with van der Waals surface area (Å²) in [6.45, 7) is 1.77. The van der Waals surface area contributed by atoms with E-state index in [9.17, 15) is 14.9 Å². The summed E-state index contributed by atoms with van der Waals surface area (Å²) in [4.78, 5) is 25.4. The van der Waals surface area contributed by atoms with E-state index in [1.165, 1.54) is 6.08 Å². The zero-order chi connectivity index (χ0) is 25.7. The fraction of sp³-hybridized carbons (Fsp3) is 0.0741. The molecule has 0 saturated heterocycles. The van der Waals surface area contributed by atoms with Crippen LogP contribution in [0.2, 0.25) is 10.0 Å². The van der Waals surface area contributed by atoms with Crippen LogP contribution in [0.3, 0.4) is 0 Å². The van der Waals surface area contributed by atoms with Gasteiger partial charge in [0.25, 0.3) is 5.91 Å². The Hall–Kier alpha value is -4.25. The molecule has 4 rings (SSSR count). The van der Waals surface area contributed by atoms with Gasteiger partial charge in [0.15, 0.2) is 5.76 Å². The molecule has 3 aromatic carbocycles. The lowest BCUT2D eigenvalue weighted by Gasteiger charge is -2.06. The molecule has 0 unspecified atom stereocenters. The van der Waals surface area contributed by atoms with Crippen LogP contribution in [0.5, 0.6) is 0 Å². The summed E-state index contributed by atoms with van der Waals surface area (Å²) in [7, 11) is 0. The van der Waals surface area contributed by atoms with Crippen molar-refractivity contribution >= 4 is 69.2 Å². The monoisotopic (exact) mass is 519 g/mol. The molecule has 0 atom stereocenters. The number of benzene rings is 3. The Balaban J connectivity index is 1.66. The number of hydrogen-bond acceptors (Lipinski definition) is 6. The van der Waals surface area contributed by atoms with Crippen LogP contribution in [-0.4, -0.2) is 18.5 Å². The number of hydrogen-bond donors (Lipinski definition) is 2. The van der Waals surface area contributed by atoms with Gasteiger partial charge in [-0.1, -0.05) is 53.5 Å². The third kappa shape index (κ3) is 5.52. The fourth-order valence-electron chi connectivity index (χ4n) is 3.40. The third-order valence-corrected chi connectivity index (χ3v) is 5.73. The van der Waals surface area contributed by atoms with Crippen LogP contribution in [0.15, 0.2) is 76.7 Å². The van der Waals surface area contributed by atoms with Gasteiger partial charge in [-0.15, -0.1) is 0 Å². The summed E-state index contributed by atoms with van der Waals surface area (Å²) in [5.74, 6) is -1.44. The van der Waals surface area contributed by atoms with E-state index in [2.05, 4.69) is 10.6 Å². The lowest BCUT2D eigenvalue weighted by atomic mass is 10.1. The molecule has 1 aromatic heterocycles. The van der Waals surface area contributed by atoms with Crippen molar-refractivity contribution in [3.8, 4) is 6.07 Å². The number of furan rings is 1. The summed E-state index contributed by atoms with van der Waals surface area (Å²) >= 11 is 12.4. The molecule has 0 bridgehead atoms. The fourth-order valence-corrected chi connectivity index (χ4v) is 3.79. The molecule has 0 aliphatic carbocycles. The number of nitriles is 1. The van der Waals surface area contributed by atoms with Crippen LogP contribution in [-0.2, 0) is 9.53 Å². The standard InChI is InChI=1S/C27H19Cl2N3O4/c1-2-35-27(34)23-24(29)22(36-26(23)32-20-11-8-19(28)9-12-20)14-18(15-30)25(33)31-21-10-7-16-5-3-4-6-17(16)13-21/h3-14,32H,2H2,1H3,(H,31,33)/b18-14+. The van der Waals surface area contributed by atoms with Crippen LogP contribution in [0.1, 0.15) is 23.0 Å². The minimum absolute atomic E-state index is 0.000695. The lowest BCUT2D eigenvalue weighted by Crippen LogP contribution is -2.13. The second kappa shape index (κ2) is 11.0. The number of rotatable bonds is 7. The Bertz CT molecular complexity index is 1520. The average molecular weight is 520 g/mol. The molecule has 0 radical (unpaired) electrons. The first kappa shape index (κ1) is 24.9. The molecule has 0 aliphatic heterocycles. The Morgan fingerprint density at radius 3 is 2.42 bits per heavy atom. The van der Waals surface area contributed by atoms with Crippen LogP contribution >= 0.6 is 23.2 Å². The number of anilines is 3. The maximum absolute atomic E-state index is 12.8. The Kier molecular flexibility index (Phi) is 7.59. The zero-order valence-corrected chi connectivity index (χ0v) is 20.5. The van der Waals surface area contributed by atoms with Crippen molar-refractivity contribution in [3.63, 3.8) is 0 Å². The van der Waals surface area contributed by atoms with Crippen LogP contribution in [0.4, 0.5) is 17.3 Å². The SMILES string of the molecule is CCOC(=O)c1c(Nc2ccc(Cl)cc2)oc(/C=C(\C#N)C(=O)Nc2ccc3ccccc3c2)c1Cl. The topological polar surface area (TPSA) is 104 Å². The first-order chi connectivity index (χ1) is 17.4. The number of ether oxygens (including phenoxy) is 1. The molecule has 4 aromatic rings. The van der Waals surface area contributed by atoms with E-state index >= 15 is 0 Å². The number of esters is 1. The van der Waals surface area contributed by atoms with Crippen molar-refractivity contribution in [2.45, 2.75) is 6.92 Å². The van der Waals surface area contributed by atoms with Gasteiger partial charge in [0, 0.05) is 22.5 Å². The number of nitrogens with one attached hydrogen (secondary N) is 2. The van der Waals surface area contributed by atoms with Gasteiger partial charge in [-0.25, -0.2) is 4.79 Å².